The number of aliphatic imine (C=N–C) groups is 1. The Balaban J connectivity index is 0.00000264. The molecule has 0 saturated carbocycles. The van der Waals surface area contributed by atoms with Gasteiger partial charge in [0.25, 0.3) is 0 Å². The Bertz CT molecular complexity index is 628. The predicted octanol–water partition coefficient (Wildman–Crippen LogP) is 1.96. The normalized spacial score (nSPS) is 11.0. The van der Waals surface area contributed by atoms with Crippen LogP contribution < -0.4 is 10.6 Å². The van der Waals surface area contributed by atoms with Crippen molar-refractivity contribution in [2.45, 2.75) is 26.4 Å². The smallest absolute Gasteiger partial charge is 0.191 e. The molecule has 2 aromatic rings. The molecule has 0 spiro atoms. The monoisotopic (exact) mass is 432 g/mol. The third kappa shape index (κ3) is 5.77. The van der Waals surface area contributed by atoms with Gasteiger partial charge in [0.2, 0.25) is 0 Å². The number of aromatic nitrogens is 3. The highest BCUT2D eigenvalue weighted by atomic mass is 127. The van der Waals surface area contributed by atoms with Gasteiger partial charge < -0.3 is 15.2 Å². The summed E-state index contributed by atoms with van der Waals surface area (Å²) < 4.78 is 15.5. The first-order valence-corrected chi connectivity index (χ1v) is 7.29. The van der Waals surface area contributed by atoms with Gasteiger partial charge in [-0.25, -0.2) is 4.39 Å². The molecule has 0 aliphatic heterocycles. The lowest BCUT2D eigenvalue weighted by atomic mass is 10.1. The molecule has 2 N–H and O–H groups in total. The van der Waals surface area contributed by atoms with Crippen LogP contribution in [0.2, 0.25) is 0 Å². The van der Waals surface area contributed by atoms with E-state index in [1.807, 2.05) is 17.6 Å². The fraction of sp³-hybridized carbons (Fsp3) is 0.400. The first kappa shape index (κ1) is 19.3. The molecule has 0 aliphatic rings. The summed E-state index contributed by atoms with van der Waals surface area (Å²) in [6.07, 6.45) is 2.30. The molecule has 0 saturated heterocycles. The van der Waals surface area contributed by atoms with Crippen LogP contribution in [0.25, 0.3) is 0 Å². The molecular weight excluding hydrogens is 410 g/mol. The van der Waals surface area contributed by atoms with E-state index in [-0.39, 0.29) is 29.8 Å². The Morgan fingerprint density at radius 1 is 1.30 bits per heavy atom. The fourth-order valence-corrected chi connectivity index (χ4v) is 2.08. The summed E-state index contributed by atoms with van der Waals surface area (Å²) in [7, 11) is 1.70. The highest BCUT2D eigenvalue weighted by Crippen LogP contribution is 2.06. The lowest BCUT2D eigenvalue weighted by Gasteiger charge is -2.12. The van der Waals surface area contributed by atoms with Crippen molar-refractivity contribution in [2.24, 2.45) is 4.99 Å². The van der Waals surface area contributed by atoms with Gasteiger partial charge in [-0.15, -0.1) is 34.2 Å². The van der Waals surface area contributed by atoms with E-state index < -0.39 is 0 Å². The Hall–Kier alpha value is -1.71. The minimum Gasteiger partial charge on any atom is -0.356 e. The lowest BCUT2D eigenvalue weighted by Crippen LogP contribution is -2.38. The van der Waals surface area contributed by atoms with E-state index in [1.54, 1.807) is 25.5 Å². The lowest BCUT2D eigenvalue weighted by molar-refractivity contribution is 0.606. The molecule has 1 aromatic carbocycles. The second-order valence-corrected chi connectivity index (χ2v) is 4.73. The van der Waals surface area contributed by atoms with Crippen LogP contribution in [0.3, 0.4) is 0 Å². The van der Waals surface area contributed by atoms with E-state index in [9.17, 15) is 4.39 Å². The van der Waals surface area contributed by atoms with Crippen molar-refractivity contribution in [3.63, 3.8) is 0 Å². The second-order valence-electron chi connectivity index (χ2n) is 4.73. The number of rotatable bonds is 6. The largest absolute Gasteiger partial charge is 0.356 e. The van der Waals surface area contributed by atoms with Gasteiger partial charge in [-0.05, 0) is 25.0 Å². The number of guanidine groups is 1. The highest BCUT2D eigenvalue weighted by molar-refractivity contribution is 14.0. The molecule has 8 heteroatoms. The summed E-state index contributed by atoms with van der Waals surface area (Å²) in [6.45, 7) is 3.99. The minimum absolute atomic E-state index is 0. The van der Waals surface area contributed by atoms with Gasteiger partial charge >= 0.3 is 0 Å². The van der Waals surface area contributed by atoms with Crippen LogP contribution in [0.15, 0.2) is 35.6 Å². The van der Waals surface area contributed by atoms with E-state index in [1.165, 1.54) is 6.07 Å². The quantitative estimate of drug-likeness (QED) is 0.416. The number of halogens is 2. The predicted molar refractivity (Wildman–Crippen MR) is 99.4 cm³/mol. The average Bonchev–Trinajstić information content (AvgIpc) is 3.00. The number of benzene rings is 1. The SMILES string of the molecule is CCn1cnnc1CNC(=NC)NCCc1ccccc1F.I. The summed E-state index contributed by atoms with van der Waals surface area (Å²) in [5.41, 5.74) is 0.691. The Morgan fingerprint density at radius 3 is 2.78 bits per heavy atom. The topological polar surface area (TPSA) is 67.1 Å². The van der Waals surface area contributed by atoms with Crippen molar-refractivity contribution in [3.05, 3.63) is 47.8 Å². The molecule has 0 atom stereocenters. The second kappa shape index (κ2) is 10.1. The van der Waals surface area contributed by atoms with E-state index in [0.29, 0.717) is 31.0 Å². The van der Waals surface area contributed by atoms with Crippen LogP contribution in [0.4, 0.5) is 4.39 Å². The van der Waals surface area contributed by atoms with Crippen molar-refractivity contribution in [1.82, 2.24) is 25.4 Å². The zero-order chi connectivity index (χ0) is 15.8. The molecule has 126 valence electrons. The van der Waals surface area contributed by atoms with Crippen molar-refractivity contribution in [3.8, 4) is 0 Å². The molecule has 0 bridgehead atoms. The van der Waals surface area contributed by atoms with Gasteiger partial charge in [0.05, 0.1) is 6.54 Å². The first-order chi connectivity index (χ1) is 10.7. The molecular formula is C15H22FIN6. The summed E-state index contributed by atoms with van der Waals surface area (Å²) >= 11 is 0. The van der Waals surface area contributed by atoms with E-state index >= 15 is 0 Å². The van der Waals surface area contributed by atoms with Gasteiger partial charge in [0.15, 0.2) is 11.8 Å². The van der Waals surface area contributed by atoms with Crippen molar-refractivity contribution < 1.29 is 4.39 Å². The maximum atomic E-state index is 13.5. The van der Waals surface area contributed by atoms with E-state index in [2.05, 4.69) is 25.8 Å². The van der Waals surface area contributed by atoms with Gasteiger partial charge in [0.1, 0.15) is 12.1 Å². The molecule has 0 fully saturated rings. The van der Waals surface area contributed by atoms with Crippen LogP contribution in [0, 0.1) is 5.82 Å². The van der Waals surface area contributed by atoms with Gasteiger partial charge in [-0.2, -0.15) is 0 Å². The zero-order valence-electron chi connectivity index (χ0n) is 13.3. The Kier molecular flexibility index (Phi) is 8.52. The number of nitrogens with zero attached hydrogens (tertiary/aromatic N) is 4. The van der Waals surface area contributed by atoms with Gasteiger partial charge in [0, 0.05) is 20.1 Å². The van der Waals surface area contributed by atoms with Crippen LogP contribution in [-0.4, -0.2) is 34.3 Å². The van der Waals surface area contributed by atoms with Crippen molar-refractivity contribution >= 4 is 29.9 Å². The van der Waals surface area contributed by atoms with Crippen molar-refractivity contribution in [2.75, 3.05) is 13.6 Å². The third-order valence-corrected chi connectivity index (χ3v) is 3.32. The number of nitrogens with one attached hydrogen (secondary N) is 2. The molecule has 0 aliphatic carbocycles. The first-order valence-electron chi connectivity index (χ1n) is 7.29. The van der Waals surface area contributed by atoms with E-state index in [4.69, 9.17) is 0 Å². The molecule has 1 heterocycles. The van der Waals surface area contributed by atoms with E-state index in [0.717, 1.165) is 12.4 Å². The molecule has 1 aromatic heterocycles. The highest BCUT2D eigenvalue weighted by Gasteiger charge is 2.05. The molecule has 0 amide bonds. The number of hydrogen-bond acceptors (Lipinski definition) is 3. The molecule has 2 rings (SSSR count). The molecule has 0 unspecified atom stereocenters. The van der Waals surface area contributed by atoms with Gasteiger partial charge in [-0.3, -0.25) is 4.99 Å². The Labute approximate surface area is 152 Å². The Morgan fingerprint density at radius 2 is 2.09 bits per heavy atom. The standard InChI is InChI=1S/C15H21FN6.HI/c1-3-22-11-20-21-14(22)10-19-15(17-2)18-9-8-12-6-4-5-7-13(12)16;/h4-7,11H,3,8-10H2,1-2H3,(H2,17,18,19);1H. The third-order valence-electron chi connectivity index (χ3n) is 3.32. The zero-order valence-corrected chi connectivity index (χ0v) is 15.6. The van der Waals surface area contributed by atoms with Crippen LogP contribution in [-0.2, 0) is 19.5 Å². The van der Waals surface area contributed by atoms with Crippen LogP contribution in [0.5, 0.6) is 0 Å². The number of hydrogen-bond donors (Lipinski definition) is 2. The summed E-state index contributed by atoms with van der Waals surface area (Å²) in [6, 6.07) is 6.79. The maximum Gasteiger partial charge on any atom is 0.191 e. The maximum absolute atomic E-state index is 13.5. The van der Waals surface area contributed by atoms with Crippen LogP contribution >= 0.6 is 24.0 Å². The average molecular weight is 432 g/mol. The van der Waals surface area contributed by atoms with Crippen LogP contribution in [0.1, 0.15) is 18.3 Å². The summed E-state index contributed by atoms with van der Waals surface area (Å²) in [4.78, 5) is 4.14. The summed E-state index contributed by atoms with van der Waals surface area (Å²) in [5, 5.41) is 14.3. The number of aryl methyl sites for hydroxylation is 1. The van der Waals surface area contributed by atoms with Crippen molar-refractivity contribution in [1.29, 1.82) is 0 Å². The molecule has 0 radical (unpaired) electrons. The summed E-state index contributed by atoms with van der Waals surface area (Å²) in [5.74, 6) is 1.32. The fourth-order valence-electron chi connectivity index (χ4n) is 2.08. The molecule has 23 heavy (non-hydrogen) atoms. The minimum atomic E-state index is -0.178. The molecule has 6 nitrogen and oxygen atoms in total. The van der Waals surface area contributed by atoms with Gasteiger partial charge in [-0.1, -0.05) is 18.2 Å².